The normalized spacial score (nSPS) is 16.4. The smallest absolute Gasteiger partial charge is 0.350 e. The third kappa shape index (κ3) is 5.70. The number of thiazole rings is 1. The molecule has 1 saturated heterocycles. The lowest BCUT2D eigenvalue weighted by Crippen LogP contribution is -2.29. The zero-order valence-corrected chi connectivity index (χ0v) is 22.4. The maximum absolute atomic E-state index is 13.4. The predicted octanol–water partition coefficient (Wildman–Crippen LogP) is 5.31. The molecule has 2 heterocycles. The molecule has 1 unspecified atom stereocenters. The van der Waals surface area contributed by atoms with Gasteiger partial charge in [-0.2, -0.15) is 0 Å². The van der Waals surface area contributed by atoms with Crippen LogP contribution in [0.5, 0.6) is 11.5 Å². The summed E-state index contributed by atoms with van der Waals surface area (Å²) in [5.74, 6) is -2.48. The van der Waals surface area contributed by atoms with Gasteiger partial charge < -0.3 is 19.7 Å². The molecule has 0 saturated carbocycles. The van der Waals surface area contributed by atoms with E-state index in [9.17, 15) is 24.6 Å². The highest BCUT2D eigenvalue weighted by atomic mass is 32.1. The first-order chi connectivity index (χ1) is 18.8. The zero-order chi connectivity index (χ0) is 28.1. The number of aliphatic hydroxyl groups excluding tert-OH is 1. The number of phenols is 1. The summed E-state index contributed by atoms with van der Waals surface area (Å²) < 4.78 is 10.9. The number of aromatic nitrogens is 1. The van der Waals surface area contributed by atoms with Gasteiger partial charge in [-0.05, 0) is 43.2 Å². The standard InChI is InChI=1S/C29H28N2O7S/c1-4-6-14-37-21-12-8-10-19(16-21)24(33)22-23(18-9-7-11-20(32)15-18)31(27(35)25(22)34)29-30-17(3)26(39-29)28(36)38-13-5-2/h5,7-12,15-16,23,32-33H,2,4,6,13-14H2,1,3H3. The van der Waals surface area contributed by atoms with Crippen LogP contribution in [0, 0.1) is 6.92 Å². The molecular weight excluding hydrogens is 520 g/mol. The molecule has 0 bridgehead atoms. The van der Waals surface area contributed by atoms with Gasteiger partial charge in [0, 0.05) is 5.56 Å². The first-order valence-electron chi connectivity index (χ1n) is 12.3. The fourth-order valence-corrected chi connectivity index (χ4v) is 5.13. The molecule has 202 valence electrons. The molecule has 10 heteroatoms. The van der Waals surface area contributed by atoms with E-state index in [0.29, 0.717) is 23.6 Å². The van der Waals surface area contributed by atoms with E-state index in [1.165, 1.54) is 18.2 Å². The monoisotopic (exact) mass is 548 g/mol. The van der Waals surface area contributed by atoms with Crippen LogP contribution in [0.2, 0.25) is 0 Å². The van der Waals surface area contributed by atoms with Crippen molar-refractivity contribution in [3.63, 3.8) is 0 Å². The van der Waals surface area contributed by atoms with Crippen LogP contribution in [-0.2, 0) is 14.3 Å². The largest absolute Gasteiger partial charge is 0.508 e. The Bertz CT molecular complexity index is 1460. The van der Waals surface area contributed by atoms with Gasteiger partial charge in [-0.1, -0.05) is 61.6 Å². The molecule has 1 fully saturated rings. The first-order valence-corrected chi connectivity index (χ1v) is 13.2. The number of unbranched alkanes of at least 4 members (excludes halogenated alkanes) is 1. The Hall–Kier alpha value is -4.44. The summed E-state index contributed by atoms with van der Waals surface area (Å²) in [5, 5.41) is 21.6. The fraction of sp³-hybridized carbons (Fsp3) is 0.241. The number of ether oxygens (including phenoxy) is 2. The molecule has 1 amide bonds. The molecule has 9 nitrogen and oxygen atoms in total. The van der Waals surface area contributed by atoms with E-state index in [1.54, 1.807) is 43.3 Å². The number of anilines is 1. The first kappa shape index (κ1) is 27.6. The number of carbonyl (C=O) groups is 3. The molecule has 4 rings (SSSR count). The maximum atomic E-state index is 13.4. The molecule has 1 aromatic heterocycles. The second-order valence-corrected chi connectivity index (χ2v) is 9.77. The summed E-state index contributed by atoms with van der Waals surface area (Å²) in [6.45, 7) is 7.66. The minimum Gasteiger partial charge on any atom is -0.508 e. The number of aliphatic hydroxyl groups is 1. The van der Waals surface area contributed by atoms with Crippen LogP contribution in [-0.4, -0.2) is 46.1 Å². The molecule has 3 aromatic rings. The lowest BCUT2D eigenvalue weighted by atomic mass is 9.95. The van der Waals surface area contributed by atoms with Crippen LogP contribution in [0.3, 0.4) is 0 Å². The van der Waals surface area contributed by atoms with E-state index in [2.05, 4.69) is 11.6 Å². The zero-order valence-electron chi connectivity index (χ0n) is 21.5. The van der Waals surface area contributed by atoms with Crippen molar-refractivity contribution in [2.45, 2.75) is 32.7 Å². The molecule has 2 N–H and O–H groups in total. The summed E-state index contributed by atoms with van der Waals surface area (Å²) in [4.78, 5) is 45.0. The molecule has 1 aliphatic rings. The van der Waals surface area contributed by atoms with Gasteiger partial charge in [0.2, 0.25) is 0 Å². The van der Waals surface area contributed by atoms with Crippen LogP contribution in [0.15, 0.2) is 66.8 Å². The molecule has 2 aromatic carbocycles. The highest BCUT2D eigenvalue weighted by Gasteiger charge is 2.48. The summed E-state index contributed by atoms with van der Waals surface area (Å²) in [6, 6.07) is 11.6. The van der Waals surface area contributed by atoms with Gasteiger partial charge in [0.25, 0.3) is 5.78 Å². The van der Waals surface area contributed by atoms with Crippen LogP contribution >= 0.6 is 11.3 Å². The van der Waals surface area contributed by atoms with E-state index >= 15 is 0 Å². The Labute approximate surface area is 229 Å². The van der Waals surface area contributed by atoms with Gasteiger partial charge >= 0.3 is 11.9 Å². The third-order valence-corrected chi connectivity index (χ3v) is 7.15. The van der Waals surface area contributed by atoms with E-state index in [-0.39, 0.29) is 33.5 Å². The Morgan fingerprint density at radius 1 is 1.21 bits per heavy atom. The van der Waals surface area contributed by atoms with Crippen molar-refractivity contribution in [1.29, 1.82) is 0 Å². The summed E-state index contributed by atoms with van der Waals surface area (Å²) in [6.07, 6.45) is 3.24. The summed E-state index contributed by atoms with van der Waals surface area (Å²) in [5.41, 5.74) is 0.795. The highest BCUT2D eigenvalue weighted by Crippen LogP contribution is 2.44. The second-order valence-electron chi connectivity index (χ2n) is 8.79. The SMILES string of the molecule is C=CCOC(=O)c1sc(N2C(=O)C(=O)C(=C(O)c3cccc(OCCCC)c3)C2c2cccc(O)c2)nc1C. The number of carbonyl (C=O) groups excluding carboxylic acids is 3. The molecule has 39 heavy (non-hydrogen) atoms. The average Bonchev–Trinajstić information content (AvgIpc) is 3.43. The number of esters is 1. The molecule has 0 aliphatic carbocycles. The van der Waals surface area contributed by atoms with Crippen molar-refractivity contribution in [3.05, 3.63) is 88.5 Å². The number of aryl methyl sites for hydroxylation is 1. The minimum atomic E-state index is -1.12. The van der Waals surface area contributed by atoms with Crippen molar-refractivity contribution in [3.8, 4) is 11.5 Å². The molecule has 1 aliphatic heterocycles. The maximum Gasteiger partial charge on any atom is 0.350 e. The number of ketones is 1. The number of hydrogen-bond acceptors (Lipinski definition) is 9. The topological polar surface area (TPSA) is 126 Å². The highest BCUT2D eigenvalue weighted by molar-refractivity contribution is 7.17. The second kappa shape index (κ2) is 12.0. The van der Waals surface area contributed by atoms with Crippen LogP contribution in [0.25, 0.3) is 5.76 Å². The fourth-order valence-electron chi connectivity index (χ4n) is 4.14. The number of rotatable bonds is 10. The number of benzene rings is 2. The number of phenolic OH excluding ortho intramolecular Hbond substituents is 1. The molecule has 0 radical (unpaired) electrons. The Kier molecular flexibility index (Phi) is 8.46. The minimum absolute atomic E-state index is 0.000531. The van der Waals surface area contributed by atoms with Gasteiger partial charge in [0.1, 0.15) is 28.7 Å². The van der Waals surface area contributed by atoms with E-state index in [4.69, 9.17) is 9.47 Å². The Morgan fingerprint density at radius 3 is 2.69 bits per heavy atom. The van der Waals surface area contributed by atoms with Gasteiger partial charge in [-0.15, -0.1) is 0 Å². The average molecular weight is 549 g/mol. The lowest BCUT2D eigenvalue weighted by molar-refractivity contribution is -0.132. The van der Waals surface area contributed by atoms with E-state index in [0.717, 1.165) is 29.1 Å². The number of aromatic hydroxyl groups is 1. The number of amides is 1. The van der Waals surface area contributed by atoms with Gasteiger partial charge in [0.15, 0.2) is 5.13 Å². The van der Waals surface area contributed by atoms with Gasteiger partial charge in [0.05, 0.1) is 23.9 Å². The quantitative estimate of drug-likeness (QED) is 0.0872. The van der Waals surface area contributed by atoms with Crippen molar-refractivity contribution < 1.29 is 34.1 Å². The Balaban J connectivity index is 1.83. The van der Waals surface area contributed by atoms with Gasteiger partial charge in [-0.25, -0.2) is 9.78 Å². The van der Waals surface area contributed by atoms with Crippen LogP contribution in [0.4, 0.5) is 5.13 Å². The number of hydrogen-bond donors (Lipinski definition) is 2. The summed E-state index contributed by atoms with van der Waals surface area (Å²) in [7, 11) is 0. The summed E-state index contributed by atoms with van der Waals surface area (Å²) >= 11 is 0.893. The van der Waals surface area contributed by atoms with Crippen molar-refractivity contribution in [2.75, 3.05) is 18.1 Å². The van der Waals surface area contributed by atoms with Crippen LogP contribution in [0.1, 0.15) is 52.3 Å². The number of Topliss-reactive ketones (excluding diaryl/α,β-unsaturated/α-hetero) is 1. The van der Waals surface area contributed by atoms with E-state index < -0.39 is 29.5 Å². The van der Waals surface area contributed by atoms with Crippen molar-refractivity contribution in [1.82, 2.24) is 4.98 Å². The third-order valence-electron chi connectivity index (χ3n) is 6.01. The van der Waals surface area contributed by atoms with E-state index in [1.807, 2.05) is 6.92 Å². The van der Waals surface area contributed by atoms with Crippen molar-refractivity contribution in [2.24, 2.45) is 0 Å². The Morgan fingerprint density at radius 2 is 1.97 bits per heavy atom. The van der Waals surface area contributed by atoms with Crippen LogP contribution < -0.4 is 9.64 Å². The molecular formula is C29H28N2O7S. The molecule has 1 atom stereocenters. The number of nitrogens with zero attached hydrogens (tertiary/aromatic N) is 2. The van der Waals surface area contributed by atoms with Gasteiger partial charge in [-0.3, -0.25) is 14.5 Å². The predicted molar refractivity (Wildman–Crippen MR) is 147 cm³/mol. The molecule has 0 spiro atoms. The lowest BCUT2D eigenvalue weighted by Gasteiger charge is -2.23. The van der Waals surface area contributed by atoms with Crippen molar-refractivity contribution >= 4 is 39.9 Å².